The Morgan fingerprint density at radius 1 is 1.06 bits per heavy atom. The van der Waals surface area contributed by atoms with Gasteiger partial charge in [-0.3, -0.25) is 4.79 Å². The molecule has 0 saturated heterocycles. The molecule has 0 fully saturated rings. The van der Waals surface area contributed by atoms with Crippen molar-refractivity contribution in [3.63, 3.8) is 0 Å². The van der Waals surface area contributed by atoms with Crippen molar-refractivity contribution in [1.82, 2.24) is 4.90 Å². The van der Waals surface area contributed by atoms with Crippen molar-refractivity contribution in [1.29, 1.82) is 0 Å². The van der Waals surface area contributed by atoms with Crippen LogP contribution in [0.1, 0.15) is 36.7 Å². The molecule has 0 amide bonds. The number of hydrogen-bond acceptors (Lipinski definition) is 6. The molecule has 6 nitrogen and oxygen atoms in total. The van der Waals surface area contributed by atoms with E-state index in [0.717, 1.165) is 5.56 Å². The topological polar surface area (TPSA) is 76.1 Å². The standard InChI is InChI=1S/C13H16O2.C12H16ClNO3.ClH/c1-9(2)4-5-12-8-11(10(3)14)6-7-13(12)15;1-14(2)7-8-16-12(15)9-17-11-5-3-10(13)4-6-11;/h4,6-8,15H,5H2,1-3H3;3-6H,7-9H2,1-2H3;1H. The molecule has 0 unspecified atom stereocenters. The number of halogens is 2. The van der Waals surface area contributed by atoms with Gasteiger partial charge in [0.15, 0.2) is 12.4 Å². The van der Waals surface area contributed by atoms with E-state index < -0.39 is 0 Å². The molecule has 33 heavy (non-hydrogen) atoms. The number of likely N-dealkylation sites (N-methyl/N-ethyl adjacent to an activating group) is 1. The molecule has 0 bridgehead atoms. The summed E-state index contributed by atoms with van der Waals surface area (Å²) in [6, 6.07) is 11.8. The van der Waals surface area contributed by atoms with Gasteiger partial charge in [-0.2, -0.15) is 0 Å². The van der Waals surface area contributed by atoms with Crippen LogP contribution in [0.15, 0.2) is 54.1 Å². The summed E-state index contributed by atoms with van der Waals surface area (Å²) >= 11 is 5.72. The maximum atomic E-state index is 11.3. The number of benzene rings is 2. The molecule has 0 heterocycles. The van der Waals surface area contributed by atoms with Crippen LogP contribution in [0, 0.1) is 0 Å². The van der Waals surface area contributed by atoms with Gasteiger partial charge in [-0.25, -0.2) is 4.79 Å². The molecule has 0 atom stereocenters. The number of hydrogen-bond donors (Lipinski definition) is 1. The summed E-state index contributed by atoms with van der Waals surface area (Å²) in [6.45, 7) is 6.52. The molecule has 0 saturated carbocycles. The first kappa shape index (κ1) is 30.5. The van der Waals surface area contributed by atoms with Gasteiger partial charge in [0.1, 0.15) is 18.1 Å². The Balaban J connectivity index is 0.000000607. The highest BCUT2D eigenvalue weighted by Gasteiger charge is 2.05. The summed E-state index contributed by atoms with van der Waals surface area (Å²) in [6.07, 6.45) is 2.69. The van der Waals surface area contributed by atoms with Crippen molar-refractivity contribution in [3.05, 3.63) is 70.3 Å². The van der Waals surface area contributed by atoms with Crippen LogP contribution in [0.25, 0.3) is 0 Å². The minimum Gasteiger partial charge on any atom is -0.508 e. The van der Waals surface area contributed by atoms with E-state index in [0.29, 0.717) is 35.9 Å². The van der Waals surface area contributed by atoms with Gasteiger partial charge in [0.2, 0.25) is 0 Å². The van der Waals surface area contributed by atoms with Gasteiger partial charge in [0, 0.05) is 17.1 Å². The summed E-state index contributed by atoms with van der Waals surface area (Å²) in [7, 11) is 3.83. The van der Waals surface area contributed by atoms with Crippen LogP contribution < -0.4 is 4.74 Å². The van der Waals surface area contributed by atoms with Crippen LogP contribution in [-0.2, 0) is 16.0 Å². The first-order valence-electron chi connectivity index (χ1n) is 10.2. The molecule has 0 aliphatic carbocycles. The molecule has 2 rings (SSSR count). The van der Waals surface area contributed by atoms with Gasteiger partial charge in [-0.15, -0.1) is 12.4 Å². The SMILES string of the molecule is CC(=O)c1ccc(O)c(CC=C(C)C)c1.CN(C)CCOC(=O)COc1ccc(Cl)cc1.Cl. The van der Waals surface area contributed by atoms with Crippen LogP contribution in [0.2, 0.25) is 5.02 Å². The van der Waals surface area contributed by atoms with Crippen molar-refractivity contribution < 1.29 is 24.2 Å². The summed E-state index contributed by atoms with van der Waals surface area (Å²) < 4.78 is 10.2. The second-order valence-corrected chi connectivity index (χ2v) is 8.09. The average Bonchev–Trinajstić information content (AvgIpc) is 2.72. The van der Waals surface area contributed by atoms with Gasteiger partial charge >= 0.3 is 5.97 Å². The van der Waals surface area contributed by atoms with Gasteiger partial charge in [-0.1, -0.05) is 23.3 Å². The molecule has 8 heteroatoms. The first-order chi connectivity index (χ1) is 15.1. The number of ether oxygens (including phenoxy) is 2. The minimum atomic E-state index is -0.373. The fraction of sp³-hybridized carbons (Fsp3) is 0.360. The van der Waals surface area contributed by atoms with Gasteiger partial charge < -0.3 is 19.5 Å². The fourth-order valence-corrected chi connectivity index (χ4v) is 2.46. The lowest BCUT2D eigenvalue weighted by molar-refractivity contribution is -0.146. The molecule has 0 aliphatic rings. The number of phenols is 1. The quantitative estimate of drug-likeness (QED) is 0.286. The Labute approximate surface area is 207 Å². The Kier molecular flexibility index (Phi) is 14.9. The second-order valence-electron chi connectivity index (χ2n) is 7.65. The van der Waals surface area contributed by atoms with Crippen molar-refractivity contribution in [2.24, 2.45) is 0 Å². The van der Waals surface area contributed by atoms with Crippen molar-refractivity contribution in [3.8, 4) is 11.5 Å². The van der Waals surface area contributed by atoms with Crippen LogP contribution in [0.3, 0.4) is 0 Å². The molecule has 0 aliphatic heterocycles. The number of esters is 1. The number of rotatable bonds is 9. The maximum absolute atomic E-state index is 11.3. The predicted octanol–water partition coefficient (Wildman–Crippen LogP) is 5.35. The van der Waals surface area contributed by atoms with Crippen LogP contribution >= 0.6 is 24.0 Å². The van der Waals surface area contributed by atoms with Gasteiger partial charge in [-0.05, 0) is 89.3 Å². The Hall–Kier alpha value is -2.54. The highest BCUT2D eigenvalue weighted by molar-refractivity contribution is 6.30. The predicted molar refractivity (Wildman–Crippen MR) is 135 cm³/mol. The van der Waals surface area contributed by atoms with Crippen molar-refractivity contribution in [2.45, 2.75) is 27.2 Å². The maximum Gasteiger partial charge on any atom is 0.344 e. The smallest absolute Gasteiger partial charge is 0.344 e. The highest BCUT2D eigenvalue weighted by atomic mass is 35.5. The van der Waals surface area contributed by atoms with Crippen molar-refractivity contribution >= 4 is 35.8 Å². The van der Waals surface area contributed by atoms with Gasteiger partial charge in [0.25, 0.3) is 0 Å². The lowest BCUT2D eigenvalue weighted by atomic mass is 10.0. The normalized spacial score (nSPS) is 9.79. The molecular formula is C25H33Cl2NO5. The fourth-order valence-electron chi connectivity index (χ4n) is 2.34. The number of ketones is 1. The van der Waals surface area contributed by atoms with E-state index in [2.05, 4.69) is 0 Å². The monoisotopic (exact) mass is 497 g/mol. The first-order valence-corrected chi connectivity index (χ1v) is 10.6. The lowest BCUT2D eigenvalue weighted by Gasteiger charge is -2.10. The molecule has 0 radical (unpaired) electrons. The Morgan fingerprint density at radius 3 is 2.24 bits per heavy atom. The third-order valence-electron chi connectivity index (χ3n) is 4.19. The van der Waals surface area contributed by atoms with E-state index in [1.54, 1.807) is 42.5 Å². The average molecular weight is 498 g/mol. The summed E-state index contributed by atoms with van der Waals surface area (Å²) in [5.41, 5.74) is 2.64. The zero-order valence-corrected chi connectivity index (χ0v) is 21.3. The molecule has 1 N–H and O–H groups in total. The molecule has 182 valence electrons. The molecule has 0 spiro atoms. The van der Waals surface area contributed by atoms with Gasteiger partial charge in [0.05, 0.1) is 0 Å². The molecule has 2 aromatic carbocycles. The summed E-state index contributed by atoms with van der Waals surface area (Å²) in [5.74, 6) is 0.492. The zero-order valence-electron chi connectivity index (χ0n) is 19.8. The number of phenolic OH excluding ortho intramolecular Hbond substituents is 1. The number of allylic oxidation sites excluding steroid dienone is 2. The number of carbonyl (C=O) groups is 2. The zero-order chi connectivity index (χ0) is 24.1. The van der Waals surface area contributed by atoms with E-state index in [9.17, 15) is 14.7 Å². The lowest BCUT2D eigenvalue weighted by Crippen LogP contribution is -2.22. The number of nitrogens with zero attached hydrogens (tertiary/aromatic N) is 1. The molecule has 0 aromatic heterocycles. The summed E-state index contributed by atoms with van der Waals surface area (Å²) in [5, 5.41) is 10.2. The van der Waals surface area contributed by atoms with E-state index in [4.69, 9.17) is 21.1 Å². The Morgan fingerprint density at radius 2 is 1.70 bits per heavy atom. The molecular weight excluding hydrogens is 465 g/mol. The van der Waals surface area contributed by atoms with E-state index in [1.807, 2.05) is 38.9 Å². The number of carbonyl (C=O) groups excluding carboxylic acids is 2. The Bertz CT molecular complexity index is 908. The summed E-state index contributed by atoms with van der Waals surface area (Å²) in [4.78, 5) is 24.4. The van der Waals surface area contributed by atoms with Crippen molar-refractivity contribution in [2.75, 3.05) is 33.9 Å². The largest absolute Gasteiger partial charge is 0.508 e. The van der Waals surface area contributed by atoms with Crippen LogP contribution in [-0.4, -0.2) is 55.6 Å². The van der Waals surface area contributed by atoms with E-state index in [1.165, 1.54) is 12.5 Å². The number of Topliss-reactive ketones (excluding diaryl/α,β-unsaturated/α-hetero) is 1. The van der Waals surface area contributed by atoms with E-state index in [-0.39, 0.29) is 36.5 Å². The van der Waals surface area contributed by atoms with Crippen LogP contribution in [0.4, 0.5) is 0 Å². The highest BCUT2D eigenvalue weighted by Crippen LogP contribution is 2.20. The van der Waals surface area contributed by atoms with Crippen LogP contribution in [0.5, 0.6) is 11.5 Å². The minimum absolute atomic E-state index is 0. The van der Waals surface area contributed by atoms with E-state index >= 15 is 0 Å². The molecule has 2 aromatic rings. The second kappa shape index (κ2) is 16.1. The third-order valence-corrected chi connectivity index (χ3v) is 4.44. The third kappa shape index (κ3) is 13.6. The number of aromatic hydroxyl groups is 1.